The molecule has 1 N–H and O–H groups in total. The average Bonchev–Trinajstić information content (AvgIpc) is 2.17. The summed E-state index contributed by atoms with van der Waals surface area (Å²) in [6.45, 7) is 2.50. The molecule has 0 bridgehead atoms. The monoisotopic (exact) mass is 149 g/mol. The summed E-state index contributed by atoms with van der Waals surface area (Å²) >= 11 is 7.67. The molecule has 0 spiro atoms. The van der Waals surface area contributed by atoms with Gasteiger partial charge >= 0.3 is 24.9 Å². The van der Waals surface area contributed by atoms with E-state index in [0.29, 0.717) is 0 Å². The van der Waals surface area contributed by atoms with Crippen LogP contribution in [-0.4, -0.2) is 13.1 Å². The molecule has 0 aromatic rings. The average molecular weight is 149 g/mol. The van der Waals surface area contributed by atoms with Crippen molar-refractivity contribution in [1.29, 1.82) is 0 Å². The zero-order valence-electron chi connectivity index (χ0n) is 4.59. The van der Waals surface area contributed by atoms with Crippen LogP contribution in [0, 0.1) is 0 Å². The van der Waals surface area contributed by atoms with Crippen LogP contribution in [0.5, 0.6) is 0 Å². The highest BCUT2D eigenvalue weighted by atomic mass is 32.1. The van der Waals surface area contributed by atoms with E-state index in [0.717, 1.165) is 0 Å². The van der Waals surface area contributed by atoms with Gasteiger partial charge in [-0.3, -0.25) is 0 Å². The topological polar surface area (TPSA) is 26.1 Å². The first-order valence-electron chi connectivity index (χ1n) is 2.57. The maximum atomic E-state index is 3.83. The SMILES string of the molecule is C1CCNC1.S=[N+]=S. The van der Waals surface area contributed by atoms with Crippen molar-refractivity contribution in [3.05, 3.63) is 0 Å². The van der Waals surface area contributed by atoms with Crippen molar-refractivity contribution in [2.75, 3.05) is 13.1 Å². The standard InChI is InChI=1S/C4H9N.NS2/c1-2-4-5-3-1;2-1-3/h5H,1-4H2;/q;+1. The highest BCUT2D eigenvalue weighted by Gasteiger charge is 1.93. The highest BCUT2D eigenvalue weighted by molar-refractivity contribution is 7.55. The zero-order valence-corrected chi connectivity index (χ0v) is 6.23. The van der Waals surface area contributed by atoms with Crippen LogP contribution in [0.1, 0.15) is 12.8 Å². The van der Waals surface area contributed by atoms with Crippen molar-refractivity contribution in [3.63, 3.8) is 0 Å². The Bertz CT molecular complexity index is 66.5. The summed E-state index contributed by atoms with van der Waals surface area (Å²) < 4.78 is 2.67. The molecule has 0 atom stereocenters. The normalized spacial score (nSPS) is 16.0. The van der Waals surface area contributed by atoms with Gasteiger partial charge < -0.3 is 5.32 Å². The molecule has 1 rings (SSSR count). The number of rotatable bonds is 0. The summed E-state index contributed by atoms with van der Waals surface area (Å²) in [6, 6.07) is 0. The Morgan fingerprint density at radius 1 is 1.12 bits per heavy atom. The lowest BCUT2D eigenvalue weighted by Gasteiger charge is -1.76. The van der Waals surface area contributed by atoms with Gasteiger partial charge in [0.05, 0.1) is 0 Å². The first kappa shape index (κ1) is 8.11. The molecule has 0 aliphatic carbocycles. The van der Waals surface area contributed by atoms with Gasteiger partial charge in [-0.1, -0.05) is 0 Å². The third kappa shape index (κ3) is 6.11. The molecule has 1 aliphatic heterocycles. The van der Waals surface area contributed by atoms with Crippen LogP contribution in [0.15, 0.2) is 0 Å². The highest BCUT2D eigenvalue weighted by Crippen LogP contribution is 1.90. The molecule has 1 aliphatic rings. The second-order valence-electron chi connectivity index (χ2n) is 1.53. The predicted octanol–water partition coefficient (Wildman–Crippen LogP) is -0.116. The molecule has 2 nitrogen and oxygen atoms in total. The predicted molar refractivity (Wildman–Crippen MR) is 39.0 cm³/mol. The second-order valence-corrected chi connectivity index (χ2v) is 2.13. The fourth-order valence-corrected chi connectivity index (χ4v) is 0.625. The van der Waals surface area contributed by atoms with Crippen LogP contribution in [0.2, 0.25) is 0 Å². The minimum atomic E-state index is 1.25. The van der Waals surface area contributed by atoms with Crippen LogP contribution in [0.4, 0.5) is 0 Å². The van der Waals surface area contributed by atoms with Gasteiger partial charge in [0.25, 0.3) is 0 Å². The van der Waals surface area contributed by atoms with E-state index < -0.39 is 0 Å². The largest absolute Gasteiger partial charge is 0.445 e. The van der Waals surface area contributed by atoms with Crippen molar-refractivity contribution < 1.29 is 0 Å². The first-order valence-corrected chi connectivity index (χ1v) is 3.30. The van der Waals surface area contributed by atoms with E-state index >= 15 is 0 Å². The lowest BCUT2D eigenvalue weighted by Crippen LogP contribution is -2.03. The lowest BCUT2D eigenvalue weighted by molar-refractivity contribution is 0.857. The quantitative estimate of drug-likeness (QED) is 0.487. The maximum absolute atomic E-state index is 3.83. The molecule has 1 fully saturated rings. The van der Waals surface area contributed by atoms with Crippen molar-refractivity contribution in [3.8, 4) is 0 Å². The molecule has 8 heavy (non-hydrogen) atoms. The fraction of sp³-hybridized carbons (Fsp3) is 1.00. The lowest BCUT2D eigenvalue weighted by atomic mass is 10.4. The van der Waals surface area contributed by atoms with Crippen LogP contribution in [0.3, 0.4) is 0 Å². The van der Waals surface area contributed by atoms with Crippen molar-refractivity contribution >= 4 is 24.9 Å². The van der Waals surface area contributed by atoms with E-state index in [-0.39, 0.29) is 0 Å². The van der Waals surface area contributed by atoms with Crippen LogP contribution < -0.4 is 8.73 Å². The number of hydrogen-bond acceptors (Lipinski definition) is 3. The van der Waals surface area contributed by atoms with E-state index in [1.165, 1.54) is 25.9 Å². The molecule has 0 radical (unpaired) electrons. The molecule has 1 heterocycles. The van der Waals surface area contributed by atoms with Gasteiger partial charge in [-0.15, -0.1) is 0 Å². The molecule has 1 saturated heterocycles. The van der Waals surface area contributed by atoms with Gasteiger partial charge in [0.1, 0.15) is 3.41 Å². The van der Waals surface area contributed by atoms with Gasteiger partial charge in [0.15, 0.2) is 0 Å². The molecular formula is C4H9N2S2+. The molecular weight excluding hydrogens is 140 g/mol. The molecule has 4 heteroatoms. The van der Waals surface area contributed by atoms with Crippen LogP contribution in [-0.2, 0) is 24.9 Å². The van der Waals surface area contributed by atoms with E-state index in [2.05, 4.69) is 33.6 Å². The van der Waals surface area contributed by atoms with E-state index in [4.69, 9.17) is 0 Å². The van der Waals surface area contributed by atoms with E-state index in [9.17, 15) is 0 Å². The first-order chi connectivity index (χ1) is 3.91. The third-order valence-corrected chi connectivity index (χ3v) is 0.957. The van der Waals surface area contributed by atoms with Gasteiger partial charge in [-0.05, 0) is 25.9 Å². The molecule has 46 valence electrons. The molecule has 0 unspecified atom stereocenters. The fourth-order valence-electron chi connectivity index (χ4n) is 0.625. The summed E-state index contributed by atoms with van der Waals surface area (Å²) in [4.78, 5) is 0. The summed E-state index contributed by atoms with van der Waals surface area (Å²) in [5.74, 6) is 0. The number of hydrogen-bond donors (Lipinski definition) is 1. The summed E-state index contributed by atoms with van der Waals surface area (Å²) in [7, 11) is 0. The Labute approximate surface area is 60.0 Å². The van der Waals surface area contributed by atoms with E-state index in [1.54, 1.807) is 0 Å². The maximum Gasteiger partial charge on any atom is 0.445 e. The van der Waals surface area contributed by atoms with Gasteiger partial charge in [-0.2, -0.15) is 0 Å². The third-order valence-electron chi connectivity index (χ3n) is 0.957. The summed E-state index contributed by atoms with van der Waals surface area (Å²) in [5, 5.41) is 3.22. The van der Waals surface area contributed by atoms with Crippen molar-refractivity contribution in [2.45, 2.75) is 12.8 Å². The molecule has 0 amide bonds. The van der Waals surface area contributed by atoms with Crippen LogP contribution >= 0.6 is 0 Å². The number of nitrogens with zero attached hydrogens (tertiary/aromatic N) is 1. The Morgan fingerprint density at radius 2 is 1.50 bits per heavy atom. The summed E-state index contributed by atoms with van der Waals surface area (Å²) in [5.41, 5.74) is 0. The Morgan fingerprint density at radius 3 is 1.62 bits per heavy atom. The van der Waals surface area contributed by atoms with Crippen LogP contribution in [0.25, 0.3) is 0 Å². The van der Waals surface area contributed by atoms with Crippen molar-refractivity contribution in [2.24, 2.45) is 0 Å². The minimum absolute atomic E-state index is 1.25. The molecule has 0 aromatic carbocycles. The second kappa shape index (κ2) is 7.11. The van der Waals surface area contributed by atoms with E-state index in [1.807, 2.05) is 0 Å². The van der Waals surface area contributed by atoms with Gasteiger partial charge in [0, 0.05) is 0 Å². The Hall–Kier alpha value is 0.110. The zero-order chi connectivity index (χ0) is 6.24. The number of nitrogens with one attached hydrogen (secondary N) is 1. The Kier molecular flexibility index (Phi) is 7.21. The minimum Gasteiger partial charge on any atom is -0.317 e. The van der Waals surface area contributed by atoms with Gasteiger partial charge in [0.2, 0.25) is 0 Å². The van der Waals surface area contributed by atoms with Gasteiger partial charge in [-0.25, -0.2) is 0 Å². The summed E-state index contributed by atoms with van der Waals surface area (Å²) in [6.07, 6.45) is 2.78. The smallest absolute Gasteiger partial charge is 0.317 e. The Balaban J connectivity index is 0.000000145. The molecule has 0 aromatic heterocycles. The van der Waals surface area contributed by atoms with Crippen molar-refractivity contribution in [1.82, 2.24) is 8.73 Å². The molecule has 0 saturated carbocycles.